The minimum atomic E-state index is -1.46. The molecule has 2 rings (SSSR count). The highest BCUT2D eigenvalue weighted by atomic mass is 19.1. The summed E-state index contributed by atoms with van der Waals surface area (Å²) in [6.45, 7) is 1.44. The maximum absolute atomic E-state index is 14.5. The van der Waals surface area contributed by atoms with Crippen molar-refractivity contribution in [2.45, 2.75) is 13.5 Å². The lowest BCUT2D eigenvalue weighted by molar-refractivity contribution is 0.0695. The average molecular weight is 312 g/mol. The van der Waals surface area contributed by atoms with E-state index >= 15 is 0 Å². The second-order valence-corrected chi connectivity index (χ2v) is 4.56. The molecular formula is C14H14F2N2O4. The van der Waals surface area contributed by atoms with Gasteiger partial charge in [-0.25, -0.2) is 13.6 Å². The molecule has 6 nitrogen and oxygen atoms in total. The van der Waals surface area contributed by atoms with Crippen molar-refractivity contribution in [1.29, 1.82) is 0 Å². The van der Waals surface area contributed by atoms with Crippen molar-refractivity contribution in [2.75, 3.05) is 18.5 Å². The van der Waals surface area contributed by atoms with Crippen LogP contribution in [-0.2, 0) is 6.54 Å². The minimum absolute atomic E-state index is 0.0666. The third kappa shape index (κ3) is 2.52. The van der Waals surface area contributed by atoms with E-state index in [1.165, 1.54) is 4.57 Å². The van der Waals surface area contributed by atoms with Crippen LogP contribution in [-0.4, -0.2) is 33.9 Å². The number of benzene rings is 1. The highest BCUT2D eigenvalue weighted by Gasteiger charge is 2.21. The van der Waals surface area contributed by atoms with E-state index in [1.54, 1.807) is 6.92 Å². The summed E-state index contributed by atoms with van der Waals surface area (Å²) in [4.78, 5) is 23.2. The second kappa shape index (κ2) is 6.10. The van der Waals surface area contributed by atoms with Gasteiger partial charge in [-0.3, -0.25) is 4.79 Å². The lowest BCUT2D eigenvalue weighted by atomic mass is 10.1. The third-order valence-corrected chi connectivity index (χ3v) is 3.24. The first-order valence-electron chi connectivity index (χ1n) is 6.55. The number of carboxylic acid groups (broad SMARTS) is 1. The number of fused-ring (bicyclic) bond motifs is 1. The molecule has 0 aliphatic rings. The minimum Gasteiger partial charge on any atom is -0.477 e. The Labute approximate surface area is 123 Å². The Morgan fingerprint density at radius 2 is 2.09 bits per heavy atom. The molecule has 1 heterocycles. The summed E-state index contributed by atoms with van der Waals surface area (Å²) in [5.74, 6) is -3.49. The largest absolute Gasteiger partial charge is 0.477 e. The van der Waals surface area contributed by atoms with E-state index in [-0.39, 0.29) is 30.6 Å². The van der Waals surface area contributed by atoms with E-state index in [4.69, 9.17) is 10.2 Å². The maximum atomic E-state index is 14.5. The van der Waals surface area contributed by atoms with E-state index in [0.717, 1.165) is 12.3 Å². The van der Waals surface area contributed by atoms with Crippen molar-refractivity contribution >= 4 is 22.6 Å². The quantitative estimate of drug-likeness (QED) is 0.776. The fourth-order valence-electron chi connectivity index (χ4n) is 2.23. The first-order valence-corrected chi connectivity index (χ1v) is 6.55. The number of pyridine rings is 1. The molecule has 22 heavy (non-hydrogen) atoms. The Hall–Kier alpha value is -2.48. The fourth-order valence-corrected chi connectivity index (χ4v) is 2.23. The highest BCUT2D eigenvalue weighted by molar-refractivity contribution is 5.93. The molecule has 118 valence electrons. The van der Waals surface area contributed by atoms with Gasteiger partial charge >= 0.3 is 5.97 Å². The number of carboxylic acids is 1. The monoisotopic (exact) mass is 312 g/mol. The van der Waals surface area contributed by atoms with Crippen molar-refractivity contribution < 1.29 is 23.8 Å². The summed E-state index contributed by atoms with van der Waals surface area (Å²) in [6, 6.07) is 0.805. The first-order chi connectivity index (χ1) is 10.4. The Morgan fingerprint density at radius 1 is 1.41 bits per heavy atom. The summed E-state index contributed by atoms with van der Waals surface area (Å²) >= 11 is 0. The lowest BCUT2D eigenvalue weighted by Crippen LogP contribution is -2.20. The summed E-state index contributed by atoms with van der Waals surface area (Å²) < 4.78 is 29.7. The number of aromatic carboxylic acids is 1. The van der Waals surface area contributed by atoms with Gasteiger partial charge in [0.1, 0.15) is 17.1 Å². The van der Waals surface area contributed by atoms with Gasteiger partial charge in [-0.2, -0.15) is 0 Å². The van der Waals surface area contributed by atoms with Crippen LogP contribution in [0.15, 0.2) is 17.1 Å². The summed E-state index contributed by atoms with van der Waals surface area (Å²) in [5.41, 5.74) is -2.14. The van der Waals surface area contributed by atoms with E-state index in [9.17, 15) is 18.4 Å². The average Bonchev–Trinajstić information content (AvgIpc) is 2.47. The second-order valence-electron chi connectivity index (χ2n) is 4.56. The maximum Gasteiger partial charge on any atom is 0.341 e. The Balaban J connectivity index is 2.87. The topological polar surface area (TPSA) is 91.6 Å². The van der Waals surface area contributed by atoms with Gasteiger partial charge in [0.25, 0.3) is 0 Å². The first kappa shape index (κ1) is 15.9. The SMILES string of the molecule is CCn1cc(C(=O)O)c(=O)c2cc(F)c(NCCO)c(F)c21. The normalized spacial score (nSPS) is 10.9. The molecule has 0 fully saturated rings. The molecule has 1 aromatic heterocycles. The molecule has 0 aliphatic heterocycles. The van der Waals surface area contributed by atoms with Gasteiger partial charge in [-0.05, 0) is 13.0 Å². The van der Waals surface area contributed by atoms with Gasteiger partial charge in [0.2, 0.25) is 5.43 Å². The number of nitrogens with one attached hydrogen (secondary N) is 1. The van der Waals surface area contributed by atoms with Crippen LogP contribution in [0.25, 0.3) is 10.9 Å². The molecule has 3 N–H and O–H groups in total. The van der Waals surface area contributed by atoms with E-state index in [0.29, 0.717) is 0 Å². The molecule has 8 heteroatoms. The molecule has 0 atom stereocenters. The molecule has 0 amide bonds. The zero-order chi connectivity index (χ0) is 16.4. The van der Waals surface area contributed by atoms with Gasteiger partial charge in [-0.1, -0.05) is 0 Å². The highest BCUT2D eigenvalue weighted by Crippen LogP contribution is 2.26. The van der Waals surface area contributed by atoms with Crippen LogP contribution in [0.4, 0.5) is 14.5 Å². The van der Waals surface area contributed by atoms with Crippen molar-refractivity contribution in [3.05, 3.63) is 39.7 Å². The molecule has 2 aromatic rings. The van der Waals surface area contributed by atoms with Crippen molar-refractivity contribution in [3.63, 3.8) is 0 Å². The van der Waals surface area contributed by atoms with Crippen LogP contribution in [0.2, 0.25) is 0 Å². The number of anilines is 1. The van der Waals surface area contributed by atoms with Crippen molar-refractivity contribution in [2.24, 2.45) is 0 Å². The Kier molecular flexibility index (Phi) is 4.41. The number of aromatic nitrogens is 1. The number of carbonyl (C=O) groups is 1. The number of aryl methyl sites for hydroxylation is 1. The summed E-state index contributed by atoms with van der Waals surface area (Å²) in [6.07, 6.45) is 1.03. The van der Waals surface area contributed by atoms with Crippen LogP contribution in [0, 0.1) is 11.6 Å². The molecule has 0 saturated carbocycles. The molecule has 0 aliphatic carbocycles. The smallest absolute Gasteiger partial charge is 0.341 e. The summed E-state index contributed by atoms with van der Waals surface area (Å²) in [5, 5.41) is 19.8. The van der Waals surface area contributed by atoms with E-state index < -0.39 is 34.3 Å². The van der Waals surface area contributed by atoms with Crippen molar-refractivity contribution in [3.8, 4) is 0 Å². The van der Waals surface area contributed by atoms with Crippen LogP contribution in [0.5, 0.6) is 0 Å². The zero-order valence-corrected chi connectivity index (χ0v) is 11.7. The number of rotatable bonds is 5. The molecule has 0 radical (unpaired) electrons. The molecule has 1 aromatic carbocycles. The number of hydrogen-bond donors (Lipinski definition) is 3. The van der Waals surface area contributed by atoms with Crippen molar-refractivity contribution in [1.82, 2.24) is 4.57 Å². The van der Waals surface area contributed by atoms with Gasteiger partial charge in [0.15, 0.2) is 5.82 Å². The number of aliphatic hydroxyl groups excluding tert-OH is 1. The van der Waals surface area contributed by atoms with Crippen LogP contribution in [0.1, 0.15) is 17.3 Å². The van der Waals surface area contributed by atoms with Crippen LogP contribution >= 0.6 is 0 Å². The Bertz CT molecular complexity index is 802. The molecule has 0 unspecified atom stereocenters. The predicted octanol–water partition coefficient (Wildman–Crippen LogP) is 1.40. The fraction of sp³-hybridized carbons (Fsp3) is 0.286. The predicted molar refractivity (Wildman–Crippen MR) is 76.3 cm³/mol. The number of hydrogen-bond acceptors (Lipinski definition) is 4. The summed E-state index contributed by atoms with van der Waals surface area (Å²) in [7, 11) is 0. The molecule has 0 spiro atoms. The number of halogens is 2. The van der Waals surface area contributed by atoms with Gasteiger partial charge in [0, 0.05) is 19.3 Å². The van der Waals surface area contributed by atoms with Crippen LogP contribution < -0.4 is 10.7 Å². The third-order valence-electron chi connectivity index (χ3n) is 3.24. The van der Waals surface area contributed by atoms with E-state index in [1.807, 2.05) is 0 Å². The Morgan fingerprint density at radius 3 is 2.64 bits per heavy atom. The van der Waals surface area contributed by atoms with Gasteiger partial charge in [0.05, 0.1) is 17.5 Å². The molecule has 0 saturated heterocycles. The zero-order valence-electron chi connectivity index (χ0n) is 11.7. The standard InChI is InChI=1S/C14H14F2N2O4/c1-2-18-6-8(14(21)22)13(20)7-5-9(15)11(17-3-4-19)10(16)12(7)18/h5-6,17,19H,2-4H2,1H3,(H,21,22). The number of nitrogens with zero attached hydrogens (tertiary/aromatic N) is 1. The molecule has 0 bridgehead atoms. The molecular weight excluding hydrogens is 298 g/mol. The van der Waals surface area contributed by atoms with E-state index in [2.05, 4.69) is 5.32 Å². The number of aliphatic hydroxyl groups is 1. The van der Waals surface area contributed by atoms with Crippen LogP contribution in [0.3, 0.4) is 0 Å². The van der Waals surface area contributed by atoms with Gasteiger partial charge < -0.3 is 20.1 Å². The lowest BCUT2D eigenvalue weighted by Gasteiger charge is -2.14. The van der Waals surface area contributed by atoms with Gasteiger partial charge in [-0.15, -0.1) is 0 Å².